The highest BCUT2D eigenvalue weighted by Crippen LogP contribution is 2.74. The Balaban J connectivity index is 2.02. The van der Waals surface area contributed by atoms with Crippen molar-refractivity contribution >= 4 is 5.97 Å². The molecule has 0 amide bonds. The van der Waals surface area contributed by atoms with Crippen LogP contribution in [0.3, 0.4) is 0 Å². The van der Waals surface area contributed by atoms with Gasteiger partial charge in [-0.1, -0.05) is 20.8 Å². The molecule has 0 aromatic carbocycles. The second-order valence-corrected chi connectivity index (χ2v) is 8.22. The monoisotopic (exact) mass is 264 g/mol. The minimum Gasteiger partial charge on any atom is -0.459 e. The lowest BCUT2D eigenvalue weighted by Crippen LogP contribution is -2.47. The van der Waals surface area contributed by atoms with Crippen LogP contribution in [-0.2, 0) is 9.53 Å². The molecule has 2 bridgehead atoms. The molecule has 1 spiro atoms. The molecule has 19 heavy (non-hydrogen) atoms. The molecule has 0 saturated heterocycles. The fraction of sp³-hybridized carbons (Fsp3) is 0.941. The number of ether oxygens (including phenoxy) is 1. The standard InChI is InChI=1S/C17H28O2/c1-11-6-9-17-10-13(11)15(3,4)14(17)7-8-16(17,5)19-12(2)18/h11,13-14H,6-10H2,1-5H3/t11-,13+,14-,16-,17-/m1/s1. The number of carbonyl (C=O) groups excluding carboxylic acids is 1. The Morgan fingerprint density at radius 2 is 1.84 bits per heavy atom. The van der Waals surface area contributed by atoms with Crippen molar-refractivity contribution in [2.75, 3.05) is 0 Å². The number of hydrogen-bond donors (Lipinski definition) is 0. The van der Waals surface area contributed by atoms with Crippen molar-refractivity contribution in [1.82, 2.24) is 0 Å². The van der Waals surface area contributed by atoms with Crippen molar-refractivity contribution in [2.24, 2.45) is 28.6 Å². The van der Waals surface area contributed by atoms with Crippen LogP contribution in [-0.4, -0.2) is 11.6 Å². The maximum atomic E-state index is 11.6. The molecule has 0 aromatic rings. The summed E-state index contributed by atoms with van der Waals surface area (Å²) >= 11 is 0. The van der Waals surface area contributed by atoms with Crippen LogP contribution in [0, 0.1) is 28.6 Å². The summed E-state index contributed by atoms with van der Waals surface area (Å²) in [6, 6.07) is 0. The van der Waals surface area contributed by atoms with E-state index in [1.807, 2.05) is 0 Å². The summed E-state index contributed by atoms with van der Waals surface area (Å²) in [6.07, 6.45) is 6.13. The van der Waals surface area contributed by atoms with Gasteiger partial charge in [0.05, 0.1) is 0 Å². The minimum atomic E-state index is -0.213. The van der Waals surface area contributed by atoms with E-state index in [-0.39, 0.29) is 17.0 Å². The van der Waals surface area contributed by atoms with Crippen LogP contribution >= 0.6 is 0 Å². The van der Waals surface area contributed by atoms with Gasteiger partial charge in [0.15, 0.2) is 0 Å². The van der Waals surface area contributed by atoms with E-state index in [1.54, 1.807) is 6.92 Å². The Kier molecular flexibility index (Phi) is 2.67. The average molecular weight is 264 g/mol. The van der Waals surface area contributed by atoms with Crippen molar-refractivity contribution < 1.29 is 9.53 Å². The topological polar surface area (TPSA) is 26.3 Å². The van der Waals surface area contributed by atoms with Crippen LogP contribution in [0.25, 0.3) is 0 Å². The molecule has 0 radical (unpaired) electrons. The van der Waals surface area contributed by atoms with Crippen molar-refractivity contribution in [3.8, 4) is 0 Å². The molecule has 3 rings (SSSR count). The molecule has 108 valence electrons. The van der Waals surface area contributed by atoms with Crippen molar-refractivity contribution in [3.05, 3.63) is 0 Å². The first-order chi connectivity index (χ1) is 8.73. The van der Waals surface area contributed by atoms with Gasteiger partial charge in [0.1, 0.15) is 5.60 Å². The zero-order chi connectivity index (χ0) is 14.1. The smallest absolute Gasteiger partial charge is 0.303 e. The highest BCUT2D eigenvalue weighted by atomic mass is 16.6. The Morgan fingerprint density at radius 3 is 2.47 bits per heavy atom. The molecule has 3 aliphatic rings. The van der Waals surface area contributed by atoms with E-state index in [9.17, 15) is 4.79 Å². The lowest BCUT2D eigenvalue weighted by atomic mass is 9.63. The first kappa shape index (κ1) is 13.5. The predicted octanol–water partition coefficient (Wildman–Crippen LogP) is 4.18. The second-order valence-electron chi connectivity index (χ2n) is 8.22. The van der Waals surface area contributed by atoms with Gasteiger partial charge < -0.3 is 4.74 Å². The van der Waals surface area contributed by atoms with E-state index in [1.165, 1.54) is 25.7 Å². The third-order valence-corrected chi connectivity index (χ3v) is 7.17. The molecule has 3 fully saturated rings. The van der Waals surface area contributed by atoms with Gasteiger partial charge in [-0.25, -0.2) is 0 Å². The van der Waals surface area contributed by atoms with Crippen LogP contribution < -0.4 is 0 Å². The van der Waals surface area contributed by atoms with Crippen molar-refractivity contribution in [2.45, 2.75) is 72.3 Å². The third-order valence-electron chi connectivity index (χ3n) is 7.17. The maximum Gasteiger partial charge on any atom is 0.303 e. The van der Waals surface area contributed by atoms with Crippen LogP contribution in [0.5, 0.6) is 0 Å². The second kappa shape index (κ2) is 3.77. The molecule has 3 aliphatic carbocycles. The Hall–Kier alpha value is -0.530. The Labute approximate surface area is 117 Å². The normalized spacial score (nSPS) is 50.9. The fourth-order valence-electron chi connectivity index (χ4n) is 6.30. The highest BCUT2D eigenvalue weighted by molar-refractivity contribution is 5.66. The summed E-state index contributed by atoms with van der Waals surface area (Å²) in [5.41, 5.74) is 0.461. The maximum absolute atomic E-state index is 11.6. The predicted molar refractivity (Wildman–Crippen MR) is 75.6 cm³/mol. The van der Waals surface area contributed by atoms with Gasteiger partial charge in [-0.15, -0.1) is 0 Å². The highest BCUT2D eigenvalue weighted by Gasteiger charge is 2.70. The number of esters is 1. The molecule has 3 saturated carbocycles. The minimum absolute atomic E-state index is 0.0996. The molecule has 0 aliphatic heterocycles. The summed E-state index contributed by atoms with van der Waals surface area (Å²) in [4.78, 5) is 11.6. The zero-order valence-electron chi connectivity index (χ0n) is 13.1. The first-order valence-corrected chi connectivity index (χ1v) is 7.92. The summed E-state index contributed by atoms with van der Waals surface area (Å²) in [6.45, 7) is 11.1. The molecule has 2 nitrogen and oxygen atoms in total. The van der Waals surface area contributed by atoms with E-state index in [4.69, 9.17) is 4.74 Å². The van der Waals surface area contributed by atoms with E-state index < -0.39 is 0 Å². The van der Waals surface area contributed by atoms with Crippen LogP contribution in [0.1, 0.15) is 66.7 Å². The van der Waals surface area contributed by atoms with Crippen molar-refractivity contribution in [3.63, 3.8) is 0 Å². The average Bonchev–Trinajstić information content (AvgIpc) is 2.65. The van der Waals surface area contributed by atoms with Gasteiger partial charge in [0.2, 0.25) is 0 Å². The Morgan fingerprint density at radius 1 is 1.16 bits per heavy atom. The zero-order valence-corrected chi connectivity index (χ0v) is 13.1. The summed E-state index contributed by atoms with van der Waals surface area (Å²) < 4.78 is 5.88. The van der Waals surface area contributed by atoms with Crippen LogP contribution in [0.2, 0.25) is 0 Å². The van der Waals surface area contributed by atoms with Crippen molar-refractivity contribution in [1.29, 1.82) is 0 Å². The quantitative estimate of drug-likeness (QED) is 0.664. The van der Waals surface area contributed by atoms with Gasteiger partial charge in [-0.3, -0.25) is 4.79 Å². The van der Waals surface area contributed by atoms with E-state index >= 15 is 0 Å². The number of carbonyl (C=O) groups is 1. The third kappa shape index (κ3) is 1.52. The van der Waals surface area contributed by atoms with Crippen LogP contribution in [0.15, 0.2) is 0 Å². The fourth-order valence-corrected chi connectivity index (χ4v) is 6.30. The van der Waals surface area contributed by atoms with Gasteiger partial charge >= 0.3 is 5.97 Å². The number of hydrogen-bond acceptors (Lipinski definition) is 2. The lowest BCUT2D eigenvalue weighted by molar-refractivity contribution is -0.172. The van der Waals surface area contributed by atoms with E-state index in [2.05, 4.69) is 27.7 Å². The summed E-state index contributed by atoms with van der Waals surface area (Å²) in [5, 5.41) is 0. The lowest BCUT2D eigenvalue weighted by Gasteiger charge is -2.46. The molecule has 0 N–H and O–H groups in total. The van der Waals surface area contributed by atoms with Gasteiger partial charge in [0, 0.05) is 12.3 Å². The molecule has 2 heteroatoms. The number of rotatable bonds is 1. The molecular weight excluding hydrogens is 236 g/mol. The van der Waals surface area contributed by atoms with Gasteiger partial charge in [-0.2, -0.15) is 0 Å². The van der Waals surface area contributed by atoms with Gasteiger partial charge in [0.25, 0.3) is 0 Å². The molecule has 5 atom stereocenters. The van der Waals surface area contributed by atoms with E-state index in [0.717, 1.165) is 24.2 Å². The summed E-state index contributed by atoms with van der Waals surface area (Å²) in [5.74, 6) is 2.27. The molecule has 0 unspecified atom stereocenters. The SMILES string of the molecule is CC(=O)O[C@]1(C)CC[C@@H]2C(C)(C)[C@H]3C[C@]21CC[C@H]3C. The van der Waals surface area contributed by atoms with Gasteiger partial charge in [-0.05, 0) is 62.2 Å². The first-order valence-electron chi connectivity index (χ1n) is 7.92. The van der Waals surface area contributed by atoms with E-state index in [0.29, 0.717) is 5.41 Å². The molecule has 0 aromatic heterocycles. The molecule has 0 heterocycles. The largest absolute Gasteiger partial charge is 0.459 e. The number of fused-ring (bicyclic) bond motifs is 1. The summed E-state index contributed by atoms with van der Waals surface area (Å²) in [7, 11) is 0. The van der Waals surface area contributed by atoms with Crippen LogP contribution in [0.4, 0.5) is 0 Å². The Bertz CT molecular complexity index is 413. The molecular formula is C17H28O2.